The topological polar surface area (TPSA) is 94.9 Å². The summed E-state index contributed by atoms with van der Waals surface area (Å²) in [6.45, 7) is 1.99. The first kappa shape index (κ1) is 28.4. The third kappa shape index (κ3) is 7.17. The smallest absolute Gasteiger partial charge is 0.250 e. The molecule has 8 nitrogen and oxygen atoms in total. The minimum Gasteiger partial charge on any atom is -0.465 e. The largest absolute Gasteiger partial charge is 0.465 e. The number of rotatable bonds is 8. The number of anilines is 1. The van der Waals surface area contributed by atoms with Crippen LogP contribution in [0.4, 0.5) is 5.69 Å². The van der Waals surface area contributed by atoms with E-state index < -0.39 is 15.9 Å². The zero-order chi connectivity index (χ0) is 28.7. The second kappa shape index (κ2) is 13.0. The monoisotopic (exact) mass is 586 g/mol. The predicted octanol–water partition coefficient (Wildman–Crippen LogP) is 4.90. The van der Waals surface area contributed by atoms with E-state index in [1.165, 1.54) is 33.8 Å². The van der Waals surface area contributed by atoms with Gasteiger partial charge in [-0.1, -0.05) is 60.7 Å². The number of carbonyl (C=O) groups is 1. The highest BCUT2D eigenvalue weighted by atomic mass is 32.2. The average molecular weight is 587 g/mol. The lowest BCUT2D eigenvalue weighted by molar-refractivity contribution is -0.115. The van der Waals surface area contributed by atoms with Gasteiger partial charge >= 0.3 is 0 Å². The Bertz CT molecular complexity index is 1540. The number of piperazine rings is 1. The van der Waals surface area contributed by atoms with E-state index >= 15 is 0 Å². The maximum Gasteiger partial charge on any atom is 0.250 e. The molecule has 10 heteroatoms. The van der Waals surface area contributed by atoms with E-state index in [-0.39, 0.29) is 16.0 Å². The molecule has 0 radical (unpaired) electrons. The van der Waals surface area contributed by atoms with Crippen molar-refractivity contribution < 1.29 is 17.6 Å². The van der Waals surface area contributed by atoms with Crippen LogP contribution >= 0.6 is 12.2 Å². The van der Waals surface area contributed by atoms with Crippen LogP contribution in [0.5, 0.6) is 0 Å². The summed E-state index contributed by atoms with van der Waals surface area (Å²) >= 11 is 5.21. The summed E-state index contributed by atoms with van der Waals surface area (Å²) in [6, 6.07) is 30.4. The number of amides is 1. The van der Waals surface area contributed by atoms with Crippen molar-refractivity contribution in [3.05, 3.63) is 126 Å². The van der Waals surface area contributed by atoms with Gasteiger partial charge in [-0.3, -0.25) is 15.0 Å². The van der Waals surface area contributed by atoms with Crippen molar-refractivity contribution in [1.82, 2.24) is 14.5 Å². The first-order valence-electron chi connectivity index (χ1n) is 13.2. The van der Waals surface area contributed by atoms with Crippen LogP contribution in [0, 0.1) is 0 Å². The number of hydrogen-bond acceptors (Lipinski definition) is 6. The Morgan fingerprint density at radius 3 is 2.00 bits per heavy atom. The van der Waals surface area contributed by atoms with Crippen molar-refractivity contribution in [2.75, 3.05) is 31.5 Å². The minimum atomic E-state index is -3.68. The highest BCUT2D eigenvalue weighted by molar-refractivity contribution is 7.89. The van der Waals surface area contributed by atoms with Crippen LogP contribution in [0.3, 0.4) is 0 Å². The van der Waals surface area contributed by atoms with Crippen LogP contribution < -0.4 is 10.6 Å². The molecule has 3 aromatic carbocycles. The third-order valence-corrected chi connectivity index (χ3v) is 8.91. The molecule has 0 unspecified atom stereocenters. The first-order chi connectivity index (χ1) is 19.9. The van der Waals surface area contributed by atoms with Crippen molar-refractivity contribution in [3.63, 3.8) is 0 Å². The fourth-order valence-electron chi connectivity index (χ4n) is 4.81. The molecular weight excluding hydrogens is 556 g/mol. The van der Waals surface area contributed by atoms with E-state index in [1.54, 1.807) is 36.4 Å². The second-order valence-electron chi connectivity index (χ2n) is 9.48. The maximum absolute atomic E-state index is 13.4. The summed E-state index contributed by atoms with van der Waals surface area (Å²) in [4.78, 5) is 14.6. The Labute approximate surface area is 245 Å². The normalized spacial score (nSPS) is 14.8. The van der Waals surface area contributed by atoms with E-state index in [4.69, 9.17) is 16.6 Å². The molecule has 1 amide bonds. The molecule has 1 saturated heterocycles. The summed E-state index contributed by atoms with van der Waals surface area (Å²) in [6.07, 6.45) is 4.35. The molecule has 5 rings (SSSR count). The Kier molecular flexibility index (Phi) is 9.05. The molecular formula is C31H30N4O4S2. The molecule has 0 atom stereocenters. The molecule has 210 valence electrons. The van der Waals surface area contributed by atoms with Gasteiger partial charge in [0, 0.05) is 37.9 Å². The highest BCUT2D eigenvalue weighted by Gasteiger charge is 2.32. The average Bonchev–Trinajstić information content (AvgIpc) is 3.52. The van der Waals surface area contributed by atoms with Gasteiger partial charge in [-0.15, -0.1) is 0 Å². The van der Waals surface area contributed by atoms with Gasteiger partial charge in [0.05, 0.1) is 17.2 Å². The van der Waals surface area contributed by atoms with Crippen LogP contribution in [0.25, 0.3) is 6.08 Å². The Balaban J connectivity index is 1.19. The molecule has 2 heterocycles. The maximum atomic E-state index is 13.4. The van der Waals surface area contributed by atoms with Gasteiger partial charge in [0.15, 0.2) is 5.11 Å². The van der Waals surface area contributed by atoms with Crippen LogP contribution in [-0.2, 0) is 14.8 Å². The van der Waals surface area contributed by atoms with E-state index in [0.29, 0.717) is 37.6 Å². The molecule has 1 aromatic heterocycles. The quantitative estimate of drug-likeness (QED) is 0.224. The van der Waals surface area contributed by atoms with Crippen molar-refractivity contribution in [2.45, 2.75) is 10.9 Å². The number of sulfonamides is 1. The molecule has 41 heavy (non-hydrogen) atoms. The fraction of sp³-hybridized carbons (Fsp3) is 0.161. The van der Waals surface area contributed by atoms with Crippen LogP contribution in [0.15, 0.2) is 119 Å². The summed E-state index contributed by atoms with van der Waals surface area (Å²) in [5.41, 5.74) is 2.92. The van der Waals surface area contributed by atoms with E-state index in [2.05, 4.69) is 39.8 Å². The van der Waals surface area contributed by atoms with E-state index in [0.717, 1.165) is 0 Å². The standard InChI is InChI=1S/C31H30N4O4S2/c36-29(18-15-27-12-7-23-39-27)33-31(40)32-26-13-16-28(17-14-26)41(37,38)35-21-19-34(20-22-35)30(24-8-3-1-4-9-24)25-10-5-2-6-11-25/h1-18,23,30H,19-22H2,(H2,32,33,36,40)/b18-15+. The van der Waals surface area contributed by atoms with E-state index in [1.807, 2.05) is 36.4 Å². The molecule has 4 aromatic rings. The van der Waals surface area contributed by atoms with Gasteiger partial charge in [0.1, 0.15) is 5.76 Å². The Morgan fingerprint density at radius 2 is 1.44 bits per heavy atom. The van der Waals surface area contributed by atoms with Gasteiger partial charge in [-0.05, 0) is 65.8 Å². The molecule has 1 aliphatic heterocycles. The highest BCUT2D eigenvalue weighted by Crippen LogP contribution is 2.30. The van der Waals surface area contributed by atoms with Crippen LogP contribution in [-0.4, -0.2) is 54.8 Å². The lowest BCUT2D eigenvalue weighted by atomic mass is 9.96. The summed E-state index contributed by atoms with van der Waals surface area (Å²) in [5, 5.41) is 5.54. The summed E-state index contributed by atoms with van der Waals surface area (Å²) in [5.74, 6) is 0.128. The number of hydrogen-bond donors (Lipinski definition) is 2. The van der Waals surface area contributed by atoms with E-state index in [9.17, 15) is 13.2 Å². The fourth-order valence-corrected chi connectivity index (χ4v) is 6.45. The molecule has 0 spiro atoms. The summed E-state index contributed by atoms with van der Waals surface area (Å²) < 4.78 is 33.6. The van der Waals surface area contributed by atoms with Gasteiger partial charge < -0.3 is 9.73 Å². The molecule has 0 aliphatic carbocycles. The number of carbonyl (C=O) groups excluding carboxylic acids is 1. The predicted molar refractivity (Wildman–Crippen MR) is 164 cm³/mol. The van der Waals surface area contributed by atoms with Crippen molar-refractivity contribution in [1.29, 1.82) is 0 Å². The third-order valence-electron chi connectivity index (χ3n) is 6.80. The van der Waals surface area contributed by atoms with Crippen molar-refractivity contribution in [2.24, 2.45) is 0 Å². The number of furan rings is 1. The second-order valence-corrected chi connectivity index (χ2v) is 11.8. The molecule has 1 aliphatic rings. The van der Waals surface area contributed by atoms with Gasteiger partial charge in [0.25, 0.3) is 0 Å². The SMILES string of the molecule is O=C(/C=C/c1ccco1)NC(=S)Nc1ccc(S(=O)(=O)N2CCN(C(c3ccccc3)c3ccccc3)CC2)cc1. The minimum absolute atomic E-state index is 0.0533. The van der Waals surface area contributed by atoms with Gasteiger partial charge in [-0.25, -0.2) is 8.42 Å². The van der Waals surface area contributed by atoms with Crippen LogP contribution in [0.2, 0.25) is 0 Å². The summed E-state index contributed by atoms with van der Waals surface area (Å²) in [7, 11) is -3.68. The van der Waals surface area contributed by atoms with Gasteiger partial charge in [-0.2, -0.15) is 4.31 Å². The molecule has 2 N–H and O–H groups in total. The number of benzene rings is 3. The van der Waals surface area contributed by atoms with Crippen LogP contribution in [0.1, 0.15) is 22.9 Å². The lowest BCUT2D eigenvalue weighted by Gasteiger charge is -2.39. The number of nitrogens with one attached hydrogen (secondary N) is 2. The van der Waals surface area contributed by atoms with Gasteiger partial charge in [0.2, 0.25) is 15.9 Å². The number of nitrogens with zero attached hydrogens (tertiary/aromatic N) is 2. The zero-order valence-electron chi connectivity index (χ0n) is 22.2. The van der Waals surface area contributed by atoms with Crippen molar-refractivity contribution >= 4 is 45.0 Å². The lowest BCUT2D eigenvalue weighted by Crippen LogP contribution is -2.49. The first-order valence-corrected chi connectivity index (χ1v) is 15.0. The zero-order valence-corrected chi connectivity index (χ0v) is 23.9. The molecule has 1 fully saturated rings. The molecule has 0 saturated carbocycles. The molecule has 0 bridgehead atoms. The Hall–Kier alpha value is -4.09. The van der Waals surface area contributed by atoms with Crippen molar-refractivity contribution in [3.8, 4) is 0 Å². The Morgan fingerprint density at radius 1 is 0.829 bits per heavy atom. The number of thiocarbonyl (C=S) groups is 1.